The summed E-state index contributed by atoms with van der Waals surface area (Å²) in [5.74, 6) is 1.18. The van der Waals surface area contributed by atoms with Crippen molar-refractivity contribution in [1.82, 2.24) is 9.97 Å². The molecule has 4 heteroatoms. The highest BCUT2D eigenvalue weighted by molar-refractivity contribution is 14.1. The molecule has 0 aromatic carbocycles. The lowest BCUT2D eigenvalue weighted by atomic mass is 10.1. The number of halogens is 1. The molecule has 0 spiro atoms. The number of aromatic amines is 1. The fraction of sp³-hybridized carbons (Fsp3) is 0.636. The van der Waals surface area contributed by atoms with Crippen LogP contribution >= 0.6 is 22.6 Å². The van der Waals surface area contributed by atoms with E-state index in [4.69, 9.17) is 0 Å². The molecule has 3 nitrogen and oxygen atoms in total. The summed E-state index contributed by atoms with van der Waals surface area (Å²) in [6.45, 7) is 6.30. The molecule has 0 radical (unpaired) electrons. The number of hydrogen-bond donors (Lipinski definition) is 1. The summed E-state index contributed by atoms with van der Waals surface area (Å²) in [7, 11) is 0. The van der Waals surface area contributed by atoms with Gasteiger partial charge in [-0.25, -0.2) is 4.98 Å². The third-order valence-electron chi connectivity index (χ3n) is 3.01. The maximum atomic E-state index is 11.7. The molecule has 1 aromatic rings. The van der Waals surface area contributed by atoms with Gasteiger partial charge in [0.2, 0.25) is 0 Å². The molecule has 1 saturated carbocycles. The first-order valence-electron chi connectivity index (χ1n) is 5.24. The molecule has 0 aliphatic heterocycles. The maximum Gasteiger partial charge on any atom is 0.264 e. The first kappa shape index (κ1) is 11.1. The second kappa shape index (κ2) is 3.57. The zero-order chi connectivity index (χ0) is 11.2. The highest BCUT2D eigenvalue weighted by Gasteiger charge is 2.42. The van der Waals surface area contributed by atoms with E-state index in [1.165, 1.54) is 0 Å². The topological polar surface area (TPSA) is 45.8 Å². The second-order valence-corrected chi connectivity index (χ2v) is 5.91. The van der Waals surface area contributed by atoms with Crippen molar-refractivity contribution in [3.63, 3.8) is 0 Å². The third-order valence-corrected chi connectivity index (χ3v) is 4.05. The molecule has 1 aliphatic carbocycles. The Morgan fingerprint density at radius 1 is 1.47 bits per heavy atom. The van der Waals surface area contributed by atoms with E-state index < -0.39 is 0 Å². The molecule has 0 atom stereocenters. The van der Waals surface area contributed by atoms with Crippen LogP contribution in [0.2, 0.25) is 0 Å². The van der Waals surface area contributed by atoms with Crippen LogP contribution in [0.5, 0.6) is 0 Å². The minimum absolute atomic E-state index is 0.0115. The molecule has 0 bridgehead atoms. The summed E-state index contributed by atoms with van der Waals surface area (Å²) < 4.78 is 0.732. The second-order valence-electron chi connectivity index (χ2n) is 4.83. The smallest absolute Gasteiger partial charge is 0.264 e. The van der Waals surface area contributed by atoms with Crippen molar-refractivity contribution in [2.75, 3.05) is 0 Å². The van der Waals surface area contributed by atoms with Crippen LogP contribution in [-0.2, 0) is 5.41 Å². The number of nitrogens with one attached hydrogen (secondary N) is 1. The van der Waals surface area contributed by atoms with Crippen LogP contribution in [0.4, 0.5) is 0 Å². The number of aromatic nitrogens is 2. The van der Waals surface area contributed by atoms with Gasteiger partial charge in [0.05, 0.1) is 9.26 Å². The third kappa shape index (κ3) is 1.96. The SMILES string of the molecule is CC(C)c1nc(C2(C)CC2)[nH]c(=O)c1I. The molecule has 1 N–H and O–H groups in total. The summed E-state index contributed by atoms with van der Waals surface area (Å²) in [4.78, 5) is 19.2. The zero-order valence-corrected chi connectivity index (χ0v) is 11.4. The summed E-state index contributed by atoms with van der Waals surface area (Å²) in [6, 6.07) is 0. The first-order valence-corrected chi connectivity index (χ1v) is 6.32. The van der Waals surface area contributed by atoms with Crippen molar-refractivity contribution in [2.24, 2.45) is 0 Å². The normalized spacial score (nSPS) is 18.2. The Labute approximate surface area is 103 Å². The van der Waals surface area contributed by atoms with E-state index in [0.29, 0.717) is 5.92 Å². The largest absolute Gasteiger partial charge is 0.309 e. The average molecular weight is 318 g/mol. The fourth-order valence-electron chi connectivity index (χ4n) is 1.57. The van der Waals surface area contributed by atoms with E-state index >= 15 is 0 Å². The molecule has 0 saturated heterocycles. The van der Waals surface area contributed by atoms with Gasteiger partial charge in [-0.3, -0.25) is 4.79 Å². The van der Waals surface area contributed by atoms with Crippen molar-refractivity contribution in [3.05, 3.63) is 25.4 Å². The van der Waals surface area contributed by atoms with E-state index in [2.05, 4.69) is 53.3 Å². The maximum absolute atomic E-state index is 11.7. The lowest BCUT2D eigenvalue weighted by molar-refractivity contribution is 0.672. The Balaban J connectivity index is 2.56. The molecule has 82 valence electrons. The first-order chi connectivity index (χ1) is 6.94. The van der Waals surface area contributed by atoms with Gasteiger partial charge in [0.1, 0.15) is 5.82 Å². The van der Waals surface area contributed by atoms with Crippen LogP contribution in [0.3, 0.4) is 0 Å². The van der Waals surface area contributed by atoms with Crippen molar-refractivity contribution >= 4 is 22.6 Å². The van der Waals surface area contributed by atoms with E-state index in [0.717, 1.165) is 27.9 Å². The Kier molecular flexibility index (Phi) is 2.65. The zero-order valence-electron chi connectivity index (χ0n) is 9.22. The molecule has 1 fully saturated rings. The van der Waals surface area contributed by atoms with Gasteiger partial charge in [0, 0.05) is 5.41 Å². The van der Waals surface area contributed by atoms with Crippen LogP contribution in [0, 0.1) is 3.57 Å². The molecular formula is C11H15IN2O. The van der Waals surface area contributed by atoms with Crippen molar-refractivity contribution < 1.29 is 0 Å². The van der Waals surface area contributed by atoms with Crippen LogP contribution in [-0.4, -0.2) is 9.97 Å². The average Bonchev–Trinajstić information content (AvgIpc) is 2.89. The number of H-pyrrole nitrogens is 1. The van der Waals surface area contributed by atoms with E-state index in [-0.39, 0.29) is 11.0 Å². The molecule has 1 aliphatic rings. The van der Waals surface area contributed by atoms with Gasteiger partial charge < -0.3 is 4.98 Å². The van der Waals surface area contributed by atoms with Crippen LogP contribution in [0.15, 0.2) is 4.79 Å². The Morgan fingerprint density at radius 3 is 2.53 bits per heavy atom. The lowest BCUT2D eigenvalue weighted by Gasteiger charge is -2.12. The van der Waals surface area contributed by atoms with Crippen molar-refractivity contribution in [2.45, 2.75) is 44.9 Å². The number of hydrogen-bond acceptors (Lipinski definition) is 2. The highest BCUT2D eigenvalue weighted by atomic mass is 127. The summed E-state index contributed by atoms with van der Waals surface area (Å²) in [5.41, 5.74) is 1.08. The van der Waals surface area contributed by atoms with Gasteiger partial charge >= 0.3 is 0 Å². The molecule has 1 heterocycles. The van der Waals surface area contributed by atoms with E-state index in [1.807, 2.05) is 0 Å². The Bertz CT molecular complexity index is 446. The van der Waals surface area contributed by atoms with Gasteiger partial charge in [-0.15, -0.1) is 0 Å². The Hall–Kier alpha value is -0.390. The van der Waals surface area contributed by atoms with Gasteiger partial charge in [-0.05, 0) is 41.4 Å². The molecule has 1 aromatic heterocycles. The molecule has 0 unspecified atom stereocenters. The quantitative estimate of drug-likeness (QED) is 0.852. The fourth-order valence-corrected chi connectivity index (χ4v) is 2.45. The Morgan fingerprint density at radius 2 is 2.07 bits per heavy atom. The standard InChI is InChI=1S/C11H15IN2O/c1-6(2)8-7(12)9(15)14-10(13-8)11(3)4-5-11/h6H,4-5H2,1-3H3,(H,13,14,15). The van der Waals surface area contributed by atoms with Gasteiger partial charge in [0.25, 0.3) is 5.56 Å². The molecule has 2 rings (SSSR count). The molecule has 15 heavy (non-hydrogen) atoms. The summed E-state index contributed by atoms with van der Waals surface area (Å²) >= 11 is 2.08. The van der Waals surface area contributed by atoms with Crippen molar-refractivity contribution in [1.29, 1.82) is 0 Å². The number of rotatable bonds is 2. The lowest BCUT2D eigenvalue weighted by Crippen LogP contribution is -2.22. The summed E-state index contributed by atoms with van der Waals surface area (Å²) in [5, 5.41) is 0. The summed E-state index contributed by atoms with van der Waals surface area (Å²) in [6.07, 6.45) is 2.27. The van der Waals surface area contributed by atoms with Gasteiger partial charge in [0.15, 0.2) is 0 Å². The molecule has 0 amide bonds. The van der Waals surface area contributed by atoms with Crippen LogP contribution in [0.1, 0.15) is 51.0 Å². The predicted octanol–water partition coefficient (Wildman–Crippen LogP) is 2.55. The van der Waals surface area contributed by atoms with Gasteiger partial charge in [-0.1, -0.05) is 20.8 Å². The highest BCUT2D eigenvalue weighted by Crippen LogP contribution is 2.45. The minimum Gasteiger partial charge on any atom is -0.309 e. The van der Waals surface area contributed by atoms with E-state index in [1.54, 1.807) is 0 Å². The van der Waals surface area contributed by atoms with Crippen LogP contribution in [0.25, 0.3) is 0 Å². The number of nitrogens with zero attached hydrogens (tertiary/aromatic N) is 1. The minimum atomic E-state index is 0.0115. The molecular weight excluding hydrogens is 303 g/mol. The van der Waals surface area contributed by atoms with Crippen LogP contribution < -0.4 is 5.56 Å². The van der Waals surface area contributed by atoms with Gasteiger partial charge in [-0.2, -0.15) is 0 Å². The predicted molar refractivity (Wildman–Crippen MR) is 68.2 cm³/mol. The van der Waals surface area contributed by atoms with E-state index in [9.17, 15) is 4.79 Å². The monoisotopic (exact) mass is 318 g/mol. The van der Waals surface area contributed by atoms with Crippen molar-refractivity contribution in [3.8, 4) is 0 Å².